The fraction of sp³-hybridized carbons (Fsp3) is 0.625. The molecule has 0 radical (unpaired) electrons. The predicted molar refractivity (Wildman–Crippen MR) is 102 cm³/mol. The number of hydrogen-bond donors (Lipinski definition) is 0. The molecule has 0 saturated carbocycles. The van der Waals surface area contributed by atoms with E-state index in [2.05, 4.69) is 29.9 Å². The molecule has 0 atom stereocenters. The number of carbonyl (C=O) groups is 1. The molecule has 0 bridgehead atoms. The zero-order chi connectivity index (χ0) is 19.2. The molecule has 27 heavy (non-hydrogen) atoms. The highest BCUT2D eigenvalue weighted by molar-refractivity contribution is 7.99. The molecule has 11 heteroatoms. The number of rotatable bonds is 7. The van der Waals surface area contributed by atoms with Gasteiger partial charge in [0.25, 0.3) is 5.95 Å². The first kappa shape index (κ1) is 19.3. The number of thioether (sulfide) groups is 1. The van der Waals surface area contributed by atoms with Crippen LogP contribution in [0.4, 0.5) is 11.9 Å². The molecular formula is C16H24N8O2S. The average molecular weight is 392 g/mol. The average Bonchev–Trinajstić information content (AvgIpc) is 3.16. The molecule has 1 aliphatic rings. The number of anilines is 2. The van der Waals surface area contributed by atoms with Crippen molar-refractivity contribution in [3.63, 3.8) is 0 Å². The van der Waals surface area contributed by atoms with E-state index in [-0.39, 0.29) is 11.7 Å². The Kier molecular flexibility index (Phi) is 6.43. The van der Waals surface area contributed by atoms with Crippen LogP contribution in [0.1, 0.15) is 26.2 Å². The summed E-state index contributed by atoms with van der Waals surface area (Å²) in [5.41, 5.74) is 0. The van der Waals surface area contributed by atoms with Gasteiger partial charge in [0.2, 0.25) is 17.1 Å². The maximum Gasteiger partial charge on any atom is 0.316 e. The van der Waals surface area contributed by atoms with Crippen molar-refractivity contribution >= 4 is 29.6 Å². The fourth-order valence-electron chi connectivity index (χ4n) is 2.62. The molecule has 0 aliphatic carbocycles. The Hall–Kier alpha value is -2.43. The predicted octanol–water partition coefficient (Wildman–Crippen LogP) is 1.16. The van der Waals surface area contributed by atoms with Gasteiger partial charge in [-0.15, -0.1) is 5.10 Å². The second-order valence-corrected chi connectivity index (χ2v) is 7.19. The Morgan fingerprint density at radius 1 is 1.19 bits per heavy atom. The van der Waals surface area contributed by atoms with E-state index in [1.807, 2.05) is 19.0 Å². The quantitative estimate of drug-likeness (QED) is 0.504. The van der Waals surface area contributed by atoms with Crippen molar-refractivity contribution in [1.82, 2.24) is 29.7 Å². The first-order valence-corrected chi connectivity index (χ1v) is 9.94. The van der Waals surface area contributed by atoms with E-state index in [1.54, 1.807) is 13.3 Å². The van der Waals surface area contributed by atoms with E-state index in [4.69, 9.17) is 4.74 Å². The molecule has 0 unspecified atom stereocenters. The second-order valence-electron chi connectivity index (χ2n) is 6.24. The zero-order valence-electron chi connectivity index (χ0n) is 15.8. The van der Waals surface area contributed by atoms with E-state index in [0.29, 0.717) is 29.6 Å². The Morgan fingerprint density at radius 2 is 1.93 bits per heavy atom. The van der Waals surface area contributed by atoms with Crippen LogP contribution in [0.5, 0.6) is 0 Å². The molecule has 2 aromatic heterocycles. The molecule has 0 aromatic carbocycles. The summed E-state index contributed by atoms with van der Waals surface area (Å²) in [7, 11) is 3.78. The van der Waals surface area contributed by atoms with Crippen LogP contribution in [-0.4, -0.2) is 75.2 Å². The minimum atomic E-state index is -0.290. The third-order valence-corrected chi connectivity index (χ3v) is 4.76. The van der Waals surface area contributed by atoms with Gasteiger partial charge in [-0.25, -0.2) is 4.98 Å². The highest BCUT2D eigenvalue weighted by Gasteiger charge is 2.18. The summed E-state index contributed by atoms with van der Waals surface area (Å²) < 4.78 is 6.42. The lowest BCUT2D eigenvalue weighted by molar-refractivity contribution is -0.139. The third-order valence-electron chi connectivity index (χ3n) is 3.94. The first-order chi connectivity index (χ1) is 13.1. The summed E-state index contributed by atoms with van der Waals surface area (Å²) in [4.78, 5) is 33.3. The number of carbonyl (C=O) groups excluding carboxylic acids is 1. The van der Waals surface area contributed by atoms with Crippen LogP contribution >= 0.6 is 11.8 Å². The number of nitrogens with zero attached hydrogens (tertiary/aromatic N) is 8. The minimum absolute atomic E-state index is 0.164. The van der Waals surface area contributed by atoms with Crippen molar-refractivity contribution in [2.75, 3.05) is 49.3 Å². The molecule has 3 rings (SSSR count). The molecule has 1 saturated heterocycles. The summed E-state index contributed by atoms with van der Waals surface area (Å²) >= 11 is 1.22. The standard InChI is InChI=1S/C16H24N8O2S/c1-4-26-12(25)10-27-16-17-11-24(21-16)15-19-13(22(2)3)18-14(20-15)23-8-6-5-7-9-23/h11H,4-10H2,1-3H3. The van der Waals surface area contributed by atoms with Gasteiger partial charge in [-0.05, 0) is 26.2 Å². The normalized spacial score (nSPS) is 14.3. The minimum Gasteiger partial charge on any atom is -0.465 e. The molecule has 1 aliphatic heterocycles. The monoisotopic (exact) mass is 392 g/mol. The van der Waals surface area contributed by atoms with Gasteiger partial charge in [-0.1, -0.05) is 11.8 Å². The summed E-state index contributed by atoms with van der Waals surface area (Å²) in [6.07, 6.45) is 5.05. The summed E-state index contributed by atoms with van der Waals surface area (Å²) in [6, 6.07) is 0. The van der Waals surface area contributed by atoms with Crippen molar-refractivity contribution in [1.29, 1.82) is 0 Å². The van der Waals surface area contributed by atoms with E-state index in [1.165, 1.54) is 22.9 Å². The van der Waals surface area contributed by atoms with Crippen LogP contribution in [0.15, 0.2) is 11.5 Å². The molecule has 1 fully saturated rings. The Labute approximate surface area is 162 Å². The number of aromatic nitrogens is 6. The van der Waals surface area contributed by atoms with Gasteiger partial charge < -0.3 is 14.5 Å². The molecule has 2 aromatic rings. The van der Waals surface area contributed by atoms with Gasteiger partial charge in [0, 0.05) is 27.2 Å². The van der Waals surface area contributed by atoms with Crippen molar-refractivity contribution < 1.29 is 9.53 Å². The number of hydrogen-bond acceptors (Lipinski definition) is 10. The van der Waals surface area contributed by atoms with Crippen LogP contribution in [0.2, 0.25) is 0 Å². The molecule has 0 amide bonds. The van der Waals surface area contributed by atoms with E-state index in [0.717, 1.165) is 25.9 Å². The lowest BCUT2D eigenvalue weighted by Gasteiger charge is -2.27. The van der Waals surface area contributed by atoms with Crippen LogP contribution in [0.3, 0.4) is 0 Å². The molecule has 146 valence electrons. The molecular weight excluding hydrogens is 368 g/mol. The van der Waals surface area contributed by atoms with Gasteiger partial charge in [0.15, 0.2) is 0 Å². The lowest BCUT2D eigenvalue weighted by atomic mass is 10.1. The molecule has 10 nitrogen and oxygen atoms in total. The number of piperidine rings is 1. The van der Waals surface area contributed by atoms with E-state index in [9.17, 15) is 4.79 Å². The summed E-state index contributed by atoms with van der Waals surface area (Å²) in [6.45, 7) is 4.01. The Balaban J connectivity index is 1.80. The van der Waals surface area contributed by atoms with E-state index < -0.39 is 0 Å². The third kappa shape index (κ3) is 5.06. The smallest absolute Gasteiger partial charge is 0.316 e. The number of ether oxygens (including phenoxy) is 1. The largest absolute Gasteiger partial charge is 0.465 e. The van der Waals surface area contributed by atoms with Gasteiger partial charge in [-0.3, -0.25) is 4.79 Å². The highest BCUT2D eigenvalue weighted by Crippen LogP contribution is 2.20. The second kappa shape index (κ2) is 8.98. The topological polar surface area (TPSA) is 102 Å². The van der Waals surface area contributed by atoms with Gasteiger partial charge in [0.1, 0.15) is 6.33 Å². The SMILES string of the molecule is CCOC(=O)CSc1ncn(-c2nc(N(C)C)nc(N3CCCCC3)n2)n1. The van der Waals surface area contributed by atoms with Crippen molar-refractivity contribution in [2.45, 2.75) is 31.3 Å². The Bertz CT molecular complexity index is 776. The van der Waals surface area contributed by atoms with Crippen molar-refractivity contribution in [3.8, 4) is 5.95 Å². The highest BCUT2D eigenvalue weighted by atomic mass is 32.2. The summed E-state index contributed by atoms with van der Waals surface area (Å²) in [5.74, 6) is 1.50. The van der Waals surface area contributed by atoms with Gasteiger partial charge in [-0.2, -0.15) is 19.6 Å². The van der Waals surface area contributed by atoms with Crippen LogP contribution in [0.25, 0.3) is 5.95 Å². The van der Waals surface area contributed by atoms with E-state index >= 15 is 0 Å². The van der Waals surface area contributed by atoms with Crippen molar-refractivity contribution in [2.24, 2.45) is 0 Å². The fourth-order valence-corrected chi connectivity index (χ4v) is 3.22. The molecule has 3 heterocycles. The van der Waals surface area contributed by atoms with Crippen LogP contribution < -0.4 is 9.80 Å². The van der Waals surface area contributed by atoms with Crippen LogP contribution in [0, 0.1) is 0 Å². The lowest BCUT2D eigenvalue weighted by Crippen LogP contribution is -2.32. The maximum atomic E-state index is 11.5. The maximum absolute atomic E-state index is 11.5. The molecule has 0 spiro atoms. The molecule has 0 N–H and O–H groups in total. The first-order valence-electron chi connectivity index (χ1n) is 8.95. The zero-order valence-corrected chi connectivity index (χ0v) is 16.6. The number of esters is 1. The van der Waals surface area contributed by atoms with Gasteiger partial charge >= 0.3 is 5.97 Å². The van der Waals surface area contributed by atoms with Crippen LogP contribution in [-0.2, 0) is 9.53 Å². The Morgan fingerprint density at radius 3 is 2.63 bits per heavy atom. The summed E-state index contributed by atoms with van der Waals surface area (Å²) in [5, 5.41) is 4.84. The van der Waals surface area contributed by atoms with Gasteiger partial charge in [0.05, 0.1) is 12.4 Å². The van der Waals surface area contributed by atoms with Crippen molar-refractivity contribution in [3.05, 3.63) is 6.33 Å².